The van der Waals surface area contributed by atoms with Crippen molar-refractivity contribution in [2.24, 2.45) is 0 Å². The molecule has 0 fully saturated rings. The van der Waals surface area contributed by atoms with Crippen LogP contribution in [0, 0.1) is 28.1 Å². The van der Waals surface area contributed by atoms with Crippen molar-refractivity contribution in [3.63, 3.8) is 0 Å². The van der Waals surface area contributed by atoms with Gasteiger partial charge in [-0.25, -0.2) is 0 Å². The maximum atomic E-state index is 13.6. The fraction of sp³-hybridized carbons (Fsp3) is 0.486. The minimum atomic E-state index is -1.63. The van der Waals surface area contributed by atoms with Crippen molar-refractivity contribution in [1.82, 2.24) is 21.3 Å². The van der Waals surface area contributed by atoms with Crippen LogP contribution in [0.5, 0.6) is 0 Å². The SMILES string of the molecule is Cc1c(C(=O)NC(CO)CO)c(I)c(N(C=O)CC(O)CN(C=O)c2c(C)c(C(=O)NC(CO)CO)c(I)c(C(=O)NC(CO)CO)c2I)c(I)c1C(=O)NC(CO)CO. The van der Waals surface area contributed by atoms with E-state index in [-0.39, 0.29) is 59.0 Å². The van der Waals surface area contributed by atoms with Crippen molar-refractivity contribution in [2.45, 2.75) is 44.1 Å². The van der Waals surface area contributed by atoms with Crippen LogP contribution in [0.15, 0.2) is 0 Å². The normalized spacial score (nSPS) is 11.8. The summed E-state index contributed by atoms with van der Waals surface area (Å²) in [6.07, 6.45) is -1.04. The highest BCUT2D eigenvalue weighted by atomic mass is 127. The number of halogens is 4. The molecular formula is C35H46I4N6O15. The topological polar surface area (TPSA) is 339 Å². The molecule has 21 nitrogen and oxygen atoms in total. The molecule has 0 saturated carbocycles. The average molecular weight is 1300 g/mol. The monoisotopic (exact) mass is 1300 g/mol. The van der Waals surface area contributed by atoms with Crippen LogP contribution in [-0.2, 0) is 9.59 Å². The molecule has 0 bridgehead atoms. The van der Waals surface area contributed by atoms with E-state index in [4.69, 9.17) is 0 Å². The van der Waals surface area contributed by atoms with Crippen LogP contribution < -0.4 is 31.1 Å². The van der Waals surface area contributed by atoms with Crippen molar-refractivity contribution in [1.29, 1.82) is 0 Å². The van der Waals surface area contributed by atoms with E-state index in [0.717, 1.165) is 9.80 Å². The van der Waals surface area contributed by atoms with Crippen LogP contribution in [0.2, 0.25) is 0 Å². The second kappa shape index (κ2) is 25.8. The van der Waals surface area contributed by atoms with E-state index in [1.165, 1.54) is 13.8 Å². The van der Waals surface area contributed by atoms with Gasteiger partial charge in [-0.05, 0) is 115 Å². The number of rotatable bonds is 24. The number of nitrogens with zero attached hydrogens (tertiary/aromatic N) is 2. The number of aliphatic hydroxyl groups is 9. The maximum absolute atomic E-state index is 13.6. The molecule has 60 heavy (non-hydrogen) atoms. The molecule has 1 atom stereocenters. The van der Waals surface area contributed by atoms with Crippen LogP contribution in [0.25, 0.3) is 0 Å². The van der Waals surface area contributed by atoms with Gasteiger partial charge in [-0.15, -0.1) is 0 Å². The Morgan fingerprint density at radius 1 is 0.483 bits per heavy atom. The summed E-state index contributed by atoms with van der Waals surface area (Å²) in [5.41, 5.74) is -0.530. The summed E-state index contributed by atoms with van der Waals surface area (Å²) in [7, 11) is 0. The third kappa shape index (κ3) is 12.9. The van der Waals surface area contributed by atoms with Gasteiger partial charge in [0.1, 0.15) is 0 Å². The lowest BCUT2D eigenvalue weighted by molar-refractivity contribution is -0.108. The molecule has 334 valence electrons. The number of carbonyl (C=O) groups is 6. The minimum absolute atomic E-state index is 0.0471. The third-order valence-corrected chi connectivity index (χ3v) is 13.1. The standard InChI is InChI=1S/C35H46I4N6O15/c1-15-22(32(57)40-17(5-46)6-47)27(37)31(28(38)23(15)33(58)41-18(7-48)8-49)45(14-55)4-21(56)3-44(13-54)30-16(2)24(34(59)42-19(9-50)10-51)26(36)25(29(30)39)35(60)43-20(11-52)12-53/h13-14,17-21,46-53,56H,3-12H2,1-2H3,(H,40,57)(H,41,58)(H,42,59)(H,43,60). The molecular weight excluding hydrogens is 1250 g/mol. The summed E-state index contributed by atoms with van der Waals surface area (Å²) in [5.74, 6) is -3.42. The number of amides is 6. The Bertz CT molecular complexity index is 1640. The predicted molar refractivity (Wildman–Crippen MR) is 248 cm³/mol. The van der Waals surface area contributed by atoms with Crippen LogP contribution in [0.3, 0.4) is 0 Å². The first-order chi connectivity index (χ1) is 28.4. The van der Waals surface area contributed by atoms with Crippen LogP contribution in [-0.4, -0.2) is 179 Å². The lowest BCUT2D eigenvalue weighted by atomic mass is 9.98. The highest BCUT2D eigenvalue weighted by molar-refractivity contribution is 14.1. The summed E-state index contributed by atoms with van der Waals surface area (Å²) >= 11 is 6.99. The number of aliphatic hydroxyl groups excluding tert-OH is 9. The van der Waals surface area contributed by atoms with Crippen LogP contribution in [0.1, 0.15) is 52.6 Å². The van der Waals surface area contributed by atoms with Crippen molar-refractivity contribution in [3.05, 3.63) is 47.7 Å². The van der Waals surface area contributed by atoms with Gasteiger partial charge in [0, 0.05) is 3.57 Å². The first-order valence-corrected chi connectivity index (χ1v) is 22.0. The number of carbonyl (C=O) groups excluding carboxylic acids is 6. The fourth-order valence-corrected chi connectivity index (χ4v) is 11.6. The Morgan fingerprint density at radius 3 is 1.05 bits per heavy atom. The molecule has 0 aliphatic heterocycles. The van der Waals surface area contributed by atoms with E-state index in [2.05, 4.69) is 21.3 Å². The zero-order valence-corrected chi connectivity index (χ0v) is 40.6. The Hall–Kier alpha value is -2.18. The van der Waals surface area contributed by atoms with E-state index in [1.54, 1.807) is 90.4 Å². The maximum Gasteiger partial charge on any atom is 0.253 e. The molecule has 25 heteroatoms. The molecule has 1 unspecified atom stereocenters. The lowest BCUT2D eigenvalue weighted by Gasteiger charge is -2.30. The quantitative estimate of drug-likeness (QED) is 0.0369. The molecule has 0 aliphatic carbocycles. The van der Waals surface area contributed by atoms with E-state index < -0.39 is 120 Å². The van der Waals surface area contributed by atoms with E-state index in [9.17, 15) is 74.7 Å². The Morgan fingerprint density at radius 2 is 0.750 bits per heavy atom. The molecule has 0 heterocycles. The molecule has 2 rings (SSSR count). The van der Waals surface area contributed by atoms with Gasteiger partial charge in [0.05, 0.1) is 141 Å². The Labute approximate surface area is 398 Å². The van der Waals surface area contributed by atoms with Gasteiger partial charge in [-0.2, -0.15) is 0 Å². The molecule has 0 aromatic heterocycles. The first-order valence-electron chi connectivity index (χ1n) is 17.7. The van der Waals surface area contributed by atoms with Gasteiger partial charge in [-0.1, -0.05) is 0 Å². The van der Waals surface area contributed by atoms with Crippen LogP contribution >= 0.6 is 90.4 Å². The number of hydrogen-bond donors (Lipinski definition) is 13. The molecule has 6 amide bonds. The second-order valence-electron chi connectivity index (χ2n) is 13.0. The van der Waals surface area contributed by atoms with Crippen LogP contribution in [0.4, 0.5) is 11.4 Å². The van der Waals surface area contributed by atoms with Crippen molar-refractivity contribution in [2.75, 3.05) is 75.7 Å². The fourth-order valence-electron chi connectivity index (χ4n) is 5.69. The molecule has 0 saturated heterocycles. The molecule has 2 aromatic rings. The van der Waals surface area contributed by atoms with Crippen molar-refractivity contribution in [3.8, 4) is 0 Å². The Balaban J connectivity index is 2.81. The van der Waals surface area contributed by atoms with Gasteiger partial charge in [0.15, 0.2) is 0 Å². The largest absolute Gasteiger partial charge is 0.394 e. The smallest absolute Gasteiger partial charge is 0.253 e. The average Bonchev–Trinajstić information content (AvgIpc) is 3.21. The number of anilines is 2. The number of hydrogen-bond acceptors (Lipinski definition) is 15. The molecule has 0 spiro atoms. The summed E-state index contributed by atoms with van der Waals surface area (Å²) in [4.78, 5) is 82.1. The van der Waals surface area contributed by atoms with Crippen molar-refractivity contribution >= 4 is 138 Å². The summed E-state index contributed by atoms with van der Waals surface area (Å²) in [6, 6.07) is -4.44. The zero-order chi connectivity index (χ0) is 45.6. The number of nitrogens with one attached hydrogen (secondary N) is 4. The molecule has 13 N–H and O–H groups in total. The molecule has 0 radical (unpaired) electrons. The Kier molecular flexibility index (Phi) is 23.2. The third-order valence-electron chi connectivity index (χ3n) is 8.86. The highest BCUT2D eigenvalue weighted by Crippen LogP contribution is 2.39. The van der Waals surface area contributed by atoms with Gasteiger partial charge in [0.25, 0.3) is 23.6 Å². The van der Waals surface area contributed by atoms with E-state index >= 15 is 0 Å². The van der Waals surface area contributed by atoms with Gasteiger partial charge in [-0.3, -0.25) is 28.8 Å². The first kappa shape index (κ1) is 54.0. The molecule has 0 aliphatic rings. The van der Waals surface area contributed by atoms with E-state index in [0.29, 0.717) is 12.8 Å². The van der Waals surface area contributed by atoms with Gasteiger partial charge in [0.2, 0.25) is 12.8 Å². The lowest BCUT2D eigenvalue weighted by Crippen LogP contribution is -2.44. The second-order valence-corrected chi connectivity index (χ2v) is 17.3. The predicted octanol–water partition coefficient (Wildman–Crippen LogP) is -2.96. The molecule has 2 aromatic carbocycles. The van der Waals surface area contributed by atoms with E-state index in [1.807, 2.05) is 0 Å². The summed E-state index contributed by atoms with van der Waals surface area (Å²) < 4.78 is 0.335. The number of benzene rings is 2. The van der Waals surface area contributed by atoms with Crippen molar-refractivity contribution < 1.29 is 74.7 Å². The highest BCUT2D eigenvalue weighted by Gasteiger charge is 2.34. The zero-order valence-electron chi connectivity index (χ0n) is 32.0. The minimum Gasteiger partial charge on any atom is -0.394 e. The summed E-state index contributed by atoms with van der Waals surface area (Å²) in [6.45, 7) is -3.50. The van der Waals surface area contributed by atoms with Gasteiger partial charge >= 0.3 is 0 Å². The summed E-state index contributed by atoms with van der Waals surface area (Å²) in [5, 5.41) is 98.3. The van der Waals surface area contributed by atoms with Gasteiger partial charge < -0.3 is 77.0 Å².